The van der Waals surface area contributed by atoms with Crippen LogP contribution in [0, 0.1) is 6.92 Å². The Morgan fingerprint density at radius 2 is 1.59 bits per heavy atom. The fraction of sp³-hybridized carbons (Fsp3) is 0.227. The molecule has 2 N–H and O–H groups in total. The Balaban J connectivity index is 1.80. The summed E-state index contributed by atoms with van der Waals surface area (Å²) in [5.74, 6) is -0.370. The standard InChI is InChI=1S/C22H22N2O5/c1-13(2)28-22(27)23-20-14(3)29-24-21(20)18-10-8-17(9-11-18)16-6-4-15(5-7-16)12-19(25)26/h4-11,13H,12H2,1-3H3,(H,23,27)(H,25,26). The number of carboxylic acids is 1. The summed E-state index contributed by atoms with van der Waals surface area (Å²) in [6.45, 7) is 5.26. The van der Waals surface area contributed by atoms with Gasteiger partial charge in [0, 0.05) is 5.56 Å². The number of aryl methyl sites for hydroxylation is 1. The molecule has 0 radical (unpaired) electrons. The van der Waals surface area contributed by atoms with Gasteiger partial charge in [-0.1, -0.05) is 53.7 Å². The van der Waals surface area contributed by atoms with E-state index in [0.29, 0.717) is 17.1 Å². The van der Waals surface area contributed by atoms with E-state index in [1.54, 1.807) is 32.9 Å². The normalized spacial score (nSPS) is 10.8. The Morgan fingerprint density at radius 3 is 2.14 bits per heavy atom. The van der Waals surface area contributed by atoms with E-state index in [0.717, 1.165) is 22.3 Å². The summed E-state index contributed by atoms with van der Waals surface area (Å²) in [6.07, 6.45) is -0.801. The van der Waals surface area contributed by atoms with E-state index in [-0.39, 0.29) is 12.5 Å². The molecule has 0 aliphatic rings. The molecule has 150 valence electrons. The van der Waals surface area contributed by atoms with E-state index in [1.807, 2.05) is 36.4 Å². The molecule has 7 nitrogen and oxygen atoms in total. The van der Waals surface area contributed by atoms with Gasteiger partial charge in [-0.3, -0.25) is 10.1 Å². The largest absolute Gasteiger partial charge is 0.481 e. The minimum atomic E-state index is -0.855. The number of ether oxygens (including phenoxy) is 1. The number of carbonyl (C=O) groups excluding carboxylic acids is 1. The second-order valence-corrected chi connectivity index (χ2v) is 6.89. The first kappa shape index (κ1) is 20.1. The molecule has 1 aromatic heterocycles. The monoisotopic (exact) mass is 394 g/mol. The van der Waals surface area contributed by atoms with Gasteiger partial charge in [-0.15, -0.1) is 0 Å². The van der Waals surface area contributed by atoms with Gasteiger partial charge in [-0.2, -0.15) is 0 Å². The van der Waals surface area contributed by atoms with Crippen molar-refractivity contribution >= 4 is 17.7 Å². The molecular weight excluding hydrogens is 372 g/mol. The molecule has 0 fully saturated rings. The van der Waals surface area contributed by atoms with Crippen molar-refractivity contribution in [3.05, 3.63) is 59.9 Å². The zero-order valence-corrected chi connectivity index (χ0v) is 16.4. The number of aromatic nitrogens is 1. The Bertz CT molecular complexity index is 1000. The van der Waals surface area contributed by atoms with Gasteiger partial charge in [-0.25, -0.2) is 4.79 Å². The van der Waals surface area contributed by atoms with Crippen LogP contribution in [0.25, 0.3) is 22.4 Å². The second-order valence-electron chi connectivity index (χ2n) is 6.89. The number of hydrogen-bond donors (Lipinski definition) is 2. The summed E-state index contributed by atoms with van der Waals surface area (Å²) in [6, 6.07) is 15.0. The molecule has 7 heteroatoms. The Hall–Kier alpha value is -3.61. The lowest BCUT2D eigenvalue weighted by Gasteiger charge is -2.10. The van der Waals surface area contributed by atoms with Gasteiger partial charge in [0.1, 0.15) is 11.4 Å². The number of benzene rings is 2. The SMILES string of the molecule is Cc1onc(-c2ccc(-c3ccc(CC(=O)O)cc3)cc2)c1NC(=O)OC(C)C. The lowest BCUT2D eigenvalue weighted by atomic mass is 10.0. The fourth-order valence-corrected chi connectivity index (χ4v) is 2.87. The highest BCUT2D eigenvalue weighted by atomic mass is 16.6. The van der Waals surface area contributed by atoms with E-state index >= 15 is 0 Å². The fourth-order valence-electron chi connectivity index (χ4n) is 2.87. The summed E-state index contributed by atoms with van der Waals surface area (Å²) >= 11 is 0. The van der Waals surface area contributed by atoms with Crippen LogP contribution in [0.5, 0.6) is 0 Å². The minimum Gasteiger partial charge on any atom is -0.481 e. The Kier molecular flexibility index (Phi) is 5.97. The average molecular weight is 394 g/mol. The molecule has 0 bridgehead atoms. The van der Waals surface area contributed by atoms with Crippen molar-refractivity contribution in [1.29, 1.82) is 0 Å². The summed E-state index contributed by atoms with van der Waals surface area (Å²) in [5, 5.41) is 15.6. The number of carbonyl (C=O) groups is 2. The van der Waals surface area contributed by atoms with E-state index in [9.17, 15) is 9.59 Å². The molecule has 2 aromatic carbocycles. The summed E-state index contributed by atoms with van der Waals surface area (Å²) < 4.78 is 10.4. The highest BCUT2D eigenvalue weighted by molar-refractivity contribution is 5.91. The van der Waals surface area contributed by atoms with Crippen LogP contribution >= 0.6 is 0 Å². The molecule has 0 saturated heterocycles. The first-order valence-corrected chi connectivity index (χ1v) is 9.19. The van der Waals surface area contributed by atoms with Crippen LogP contribution in [-0.4, -0.2) is 28.4 Å². The summed E-state index contributed by atoms with van der Waals surface area (Å²) in [7, 11) is 0. The molecule has 0 aliphatic carbocycles. The van der Waals surface area contributed by atoms with Crippen LogP contribution in [0.2, 0.25) is 0 Å². The predicted molar refractivity (Wildman–Crippen MR) is 109 cm³/mol. The minimum absolute atomic E-state index is 0.000250. The van der Waals surface area contributed by atoms with Crippen LogP contribution in [0.1, 0.15) is 25.2 Å². The highest BCUT2D eigenvalue weighted by Crippen LogP contribution is 2.32. The number of carboxylic acid groups (broad SMARTS) is 1. The van der Waals surface area contributed by atoms with Crippen molar-refractivity contribution in [3.63, 3.8) is 0 Å². The van der Waals surface area contributed by atoms with Crippen LogP contribution in [-0.2, 0) is 16.0 Å². The molecular formula is C22H22N2O5. The molecule has 0 saturated carbocycles. The zero-order valence-electron chi connectivity index (χ0n) is 16.4. The van der Waals surface area contributed by atoms with Gasteiger partial charge in [0.2, 0.25) is 0 Å². The number of nitrogens with zero attached hydrogens (tertiary/aromatic N) is 1. The van der Waals surface area contributed by atoms with Crippen molar-refractivity contribution in [3.8, 4) is 22.4 Å². The van der Waals surface area contributed by atoms with Crippen molar-refractivity contribution in [2.45, 2.75) is 33.3 Å². The number of nitrogens with one attached hydrogen (secondary N) is 1. The first-order chi connectivity index (χ1) is 13.8. The Labute approximate surface area is 168 Å². The van der Waals surface area contributed by atoms with Gasteiger partial charge in [0.05, 0.1) is 12.5 Å². The molecule has 0 spiro atoms. The second kappa shape index (κ2) is 8.60. The summed E-state index contributed by atoms with van der Waals surface area (Å²) in [4.78, 5) is 22.7. The third-order valence-electron chi connectivity index (χ3n) is 4.23. The van der Waals surface area contributed by atoms with Gasteiger partial charge in [0.15, 0.2) is 5.76 Å². The molecule has 3 rings (SSSR count). The van der Waals surface area contributed by atoms with Crippen LogP contribution in [0.4, 0.5) is 10.5 Å². The molecule has 3 aromatic rings. The number of aliphatic carboxylic acids is 1. The number of anilines is 1. The number of amides is 1. The van der Waals surface area contributed by atoms with Crippen molar-refractivity contribution < 1.29 is 24.0 Å². The lowest BCUT2D eigenvalue weighted by Crippen LogP contribution is -2.18. The van der Waals surface area contributed by atoms with E-state index in [2.05, 4.69) is 10.5 Å². The zero-order chi connectivity index (χ0) is 21.0. The van der Waals surface area contributed by atoms with Crippen molar-refractivity contribution in [2.75, 3.05) is 5.32 Å². The first-order valence-electron chi connectivity index (χ1n) is 9.19. The number of hydrogen-bond acceptors (Lipinski definition) is 5. The average Bonchev–Trinajstić information content (AvgIpc) is 3.02. The smallest absolute Gasteiger partial charge is 0.412 e. The van der Waals surface area contributed by atoms with E-state index in [4.69, 9.17) is 14.4 Å². The lowest BCUT2D eigenvalue weighted by molar-refractivity contribution is -0.136. The van der Waals surface area contributed by atoms with Crippen LogP contribution < -0.4 is 5.32 Å². The van der Waals surface area contributed by atoms with E-state index in [1.165, 1.54) is 0 Å². The topological polar surface area (TPSA) is 102 Å². The maximum Gasteiger partial charge on any atom is 0.412 e. The van der Waals surface area contributed by atoms with Gasteiger partial charge in [0.25, 0.3) is 0 Å². The quantitative estimate of drug-likeness (QED) is 0.616. The van der Waals surface area contributed by atoms with Crippen molar-refractivity contribution in [1.82, 2.24) is 5.16 Å². The maximum absolute atomic E-state index is 12.0. The molecule has 29 heavy (non-hydrogen) atoms. The highest BCUT2D eigenvalue weighted by Gasteiger charge is 2.18. The van der Waals surface area contributed by atoms with Gasteiger partial charge < -0.3 is 14.4 Å². The Morgan fingerprint density at radius 1 is 1.03 bits per heavy atom. The summed E-state index contributed by atoms with van der Waals surface area (Å²) in [5.41, 5.74) is 4.48. The van der Waals surface area contributed by atoms with Crippen LogP contribution in [0.15, 0.2) is 53.1 Å². The molecule has 0 unspecified atom stereocenters. The maximum atomic E-state index is 12.0. The molecule has 0 atom stereocenters. The molecule has 0 aliphatic heterocycles. The third kappa shape index (κ3) is 5.01. The third-order valence-corrected chi connectivity index (χ3v) is 4.23. The van der Waals surface area contributed by atoms with E-state index < -0.39 is 12.1 Å². The van der Waals surface area contributed by atoms with Crippen molar-refractivity contribution in [2.24, 2.45) is 0 Å². The molecule has 1 amide bonds. The number of rotatable bonds is 6. The van der Waals surface area contributed by atoms with Crippen LogP contribution in [0.3, 0.4) is 0 Å². The van der Waals surface area contributed by atoms with Gasteiger partial charge >= 0.3 is 12.1 Å². The van der Waals surface area contributed by atoms with Gasteiger partial charge in [-0.05, 0) is 37.5 Å². The predicted octanol–water partition coefficient (Wildman–Crippen LogP) is 4.90. The molecule has 1 heterocycles.